The van der Waals surface area contributed by atoms with Crippen LogP contribution in [0.1, 0.15) is 37.8 Å². The Morgan fingerprint density at radius 1 is 1.23 bits per heavy atom. The number of carbonyl (C=O) groups is 1. The molecular formula is C26H31N3O5S. The molecule has 1 aromatic heterocycles. The zero-order valence-electron chi connectivity index (χ0n) is 20.2. The van der Waals surface area contributed by atoms with Gasteiger partial charge in [-0.15, -0.1) is 0 Å². The summed E-state index contributed by atoms with van der Waals surface area (Å²) in [6, 6.07) is 7.77. The Balaban J connectivity index is 1.72. The number of hydrogen-bond acceptors (Lipinski definition) is 6. The van der Waals surface area contributed by atoms with Crippen LogP contribution in [0.15, 0.2) is 47.6 Å². The summed E-state index contributed by atoms with van der Waals surface area (Å²) in [5, 5.41) is 9.78. The molecule has 1 saturated carbocycles. The third-order valence-electron chi connectivity index (χ3n) is 6.46. The number of carbonyl (C=O) groups excluding carboxylic acids is 1. The Kier molecular flexibility index (Phi) is 7.45. The first-order chi connectivity index (χ1) is 16.7. The third kappa shape index (κ3) is 5.67. The van der Waals surface area contributed by atoms with E-state index in [0.29, 0.717) is 12.1 Å². The van der Waals surface area contributed by atoms with Crippen LogP contribution in [0.5, 0.6) is 5.75 Å². The molecule has 4 rings (SSSR count). The number of pyridine rings is 1. The first-order valence-corrected chi connectivity index (χ1v) is 13.2. The minimum absolute atomic E-state index is 0.0281. The topological polar surface area (TPSA) is 100 Å². The molecule has 0 unspecified atom stereocenters. The van der Waals surface area contributed by atoms with Crippen LogP contribution in [-0.4, -0.2) is 72.5 Å². The Labute approximate surface area is 207 Å². The lowest BCUT2D eigenvalue weighted by molar-refractivity contribution is -0.132. The lowest BCUT2D eigenvalue weighted by Gasteiger charge is -2.37. The number of ether oxygens (including phenoxy) is 1. The van der Waals surface area contributed by atoms with E-state index in [1.807, 2.05) is 6.92 Å². The summed E-state index contributed by atoms with van der Waals surface area (Å²) in [4.78, 5) is 18.3. The van der Waals surface area contributed by atoms with Crippen LogP contribution in [0.4, 0.5) is 0 Å². The van der Waals surface area contributed by atoms with E-state index in [1.165, 1.54) is 10.4 Å². The first-order valence-electron chi connectivity index (χ1n) is 11.8. The van der Waals surface area contributed by atoms with Crippen molar-refractivity contribution in [3.05, 3.63) is 53.9 Å². The van der Waals surface area contributed by atoms with Crippen molar-refractivity contribution in [3.8, 4) is 17.6 Å². The number of aromatic nitrogens is 1. The van der Waals surface area contributed by atoms with Gasteiger partial charge in [-0.05, 0) is 50.1 Å². The molecule has 0 spiro atoms. The highest BCUT2D eigenvalue weighted by Crippen LogP contribution is 2.35. The summed E-state index contributed by atoms with van der Waals surface area (Å²) in [6.07, 6.45) is 4.69. The van der Waals surface area contributed by atoms with Crippen molar-refractivity contribution in [2.45, 2.75) is 43.7 Å². The van der Waals surface area contributed by atoms with Gasteiger partial charge in [0.15, 0.2) is 0 Å². The van der Waals surface area contributed by atoms with Crippen molar-refractivity contribution in [1.29, 1.82) is 0 Å². The summed E-state index contributed by atoms with van der Waals surface area (Å²) in [7, 11) is -2.17. The van der Waals surface area contributed by atoms with Crippen molar-refractivity contribution in [1.82, 2.24) is 14.2 Å². The Hall–Kier alpha value is -2.93. The van der Waals surface area contributed by atoms with Crippen molar-refractivity contribution >= 4 is 15.9 Å². The normalized spacial score (nSPS) is 22.4. The van der Waals surface area contributed by atoms with Crippen LogP contribution in [0.3, 0.4) is 0 Å². The molecule has 3 atom stereocenters. The molecule has 9 heteroatoms. The van der Waals surface area contributed by atoms with Gasteiger partial charge in [-0.2, -0.15) is 4.31 Å². The molecular weight excluding hydrogens is 466 g/mol. The van der Waals surface area contributed by atoms with Gasteiger partial charge in [-0.25, -0.2) is 8.42 Å². The number of sulfonamides is 1. The lowest BCUT2D eigenvalue weighted by atomic mass is 10.0. The van der Waals surface area contributed by atoms with Gasteiger partial charge in [0.05, 0.1) is 13.2 Å². The number of rotatable bonds is 5. The number of nitrogens with zero attached hydrogens (tertiary/aromatic N) is 3. The number of amides is 1. The minimum Gasteiger partial charge on any atom is -0.487 e. The van der Waals surface area contributed by atoms with Gasteiger partial charge in [0.2, 0.25) is 15.9 Å². The van der Waals surface area contributed by atoms with Crippen LogP contribution >= 0.6 is 0 Å². The quantitative estimate of drug-likeness (QED) is 0.636. The summed E-state index contributed by atoms with van der Waals surface area (Å²) in [6.45, 7) is 3.79. The monoisotopic (exact) mass is 497 g/mol. The summed E-state index contributed by atoms with van der Waals surface area (Å²) in [5.74, 6) is 6.25. The molecule has 2 aliphatic rings. The maximum atomic E-state index is 13.6. The molecule has 186 valence electrons. The van der Waals surface area contributed by atoms with E-state index in [9.17, 15) is 18.3 Å². The molecule has 0 bridgehead atoms. The van der Waals surface area contributed by atoms with Gasteiger partial charge < -0.3 is 14.7 Å². The molecule has 0 saturated heterocycles. The van der Waals surface area contributed by atoms with E-state index in [2.05, 4.69) is 16.8 Å². The number of aliphatic hydroxyl groups excluding tert-OH is 1. The molecule has 1 amide bonds. The average molecular weight is 498 g/mol. The predicted molar refractivity (Wildman–Crippen MR) is 131 cm³/mol. The van der Waals surface area contributed by atoms with Gasteiger partial charge in [0.25, 0.3) is 0 Å². The van der Waals surface area contributed by atoms with E-state index >= 15 is 0 Å². The van der Waals surface area contributed by atoms with Crippen molar-refractivity contribution in [2.24, 2.45) is 11.8 Å². The predicted octanol–water partition coefficient (Wildman–Crippen LogP) is 2.12. The van der Waals surface area contributed by atoms with Crippen LogP contribution in [0.2, 0.25) is 0 Å². The maximum Gasteiger partial charge on any atom is 0.247 e. The molecule has 1 N–H and O–H groups in total. The number of fused-ring (bicyclic) bond motifs is 1. The largest absolute Gasteiger partial charge is 0.487 e. The van der Waals surface area contributed by atoms with Crippen LogP contribution in [-0.2, 0) is 14.8 Å². The fourth-order valence-electron chi connectivity index (χ4n) is 4.10. The number of benzene rings is 1. The highest BCUT2D eigenvalue weighted by molar-refractivity contribution is 7.89. The van der Waals surface area contributed by atoms with Gasteiger partial charge in [0, 0.05) is 55.0 Å². The van der Waals surface area contributed by atoms with Crippen LogP contribution in [0.25, 0.3) is 0 Å². The van der Waals surface area contributed by atoms with E-state index in [-0.39, 0.29) is 41.5 Å². The standard InChI is InChI=1S/C26H31N3O5S/c1-18-15-29(19(2)17-30)35(32,33)25-9-6-21(5-4-20-10-12-27-13-11-20)14-23(25)34-24(18)16-28(3)26(31)22-7-8-22/h6,9-14,18-19,22,24,30H,7-8,15-17H2,1-3H3/t18-,19+,24-/m0/s1. The van der Waals surface area contributed by atoms with E-state index in [1.54, 1.807) is 55.5 Å². The molecule has 0 radical (unpaired) electrons. The second-order valence-electron chi connectivity index (χ2n) is 9.38. The van der Waals surface area contributed by atoms with E-state index < -0.39 is 22.2 Å². The highest BCUT2D eigenvalue weighted by Gasteiger charge is 2.39. The number of hydrogen-bond donors (Lipinski definition) is 1. The lowest BCUT2D eigenvalue weighted by Crippen LogP contribution is -2.50. The molecule has 2 aromatic rings. The van der Waals surface area contributed by atoms with E-state index in [4.69, 9.17) is 4.74 Å². The third-order valence-corrected chi connectivity index (χ3v) is 8.47. The Bertz CT molecular complexity index is 1230. The van der Waals surface area contributed by atoms with Gasteiger partial charge >= 0.3 is 0 Å². The molecule has 1 fully saturated rings. The maximum absolute atomic E-state index is 13.6. The Morgan fingerprint density at radius 2 is 1.91 bits per heavy atom. The van der Waals surface area contributed by atoms with Gasteiger partial charge in [-0.1, -0.05) is 18.8 Å². The molecule has 8 nitrogen and oxygen atoms in total. The zero-order chi connectivity index (χ0) is 25.2. The van der Waals surface area contributed by atoms with Crippen molar-refractivity contribution < 1.29 is 23.1 Å². The van der Waals surface area contributed by atoms with Crippen LogP contribution < -0.4 is 4.74 Å². The second-order valence-corrected chi connectivity index (χ2v) is 11.2. The smallest absolute Gasteiger partial charge is 0.247 e. The summed E-state index contributed by atoms with van der Waals surface area (Å²) >= 11 is 0. The Morgan fingerprint density at radius 3 is 2.57 bits per heavy atom. The fraction of sp³-hybridized carbons (Fsp3) is 0.462. The number of aliphatic hydroxyl groups is 1. The van der Waals surface area contributed by atoms with Crippen LogP contribution in [0, 0.1) is 23.7 Å². The summed E-state index contributed by atoms with van der Waals surface area (Å²) < 4.78 is 34.8. The summed E-state index contributed by atoms with van der Waals surface area (Å²) in [5.41, 5.74) is 1.39. The fourth-order valence-corrected chi connectivity index (χ4v) is 5.93. The molecule has 1 aliphatic carbocycles. The molecule has 1 aromatic carbocycles. The highest BCUT2D eigenvalue weighted by atomic mass is 32.2. The number of likely N-dealkylation sites (N-methyl/N-ethyl adjacent to an activating group) is 1. The second kappa shape index (κ2) is 10.4. The first kappa shape index (κ1) is 25.2. The van der Waals surface area contributed by atoms with Gasteiger partial charge in [0.1, 0.15) is 16.7 Å². The molecule has 35 heavy (non-hydrogen) atoms. The minimum atomic E-state index is -3.93. The van der Waals surface area contributed by atoms with Crippen molar-refractivity contribution in [3.63, 3.8) is 0 Å². The zero-order valence-corrected chi connectivity index (χ0v) is 21.0. The van der Waals surface area contributed by atoms with E-state index in [0.717, 1.165) is 18.4 Å². The molecule has 2 heterocycles. The molecule has 1 aliphatic heterocycles. The SMILES string of the molecule is C[C@H](CO)N1C[C@H](C)[C@H](CN(C)C(=O)C2CC2)Oc2cc(C#Cc3ccncc3)ccc2S1(=O)=O. The van der Waals surface area contributed by atoms with Crippen molar-refractivity contribution in [2.75, 3.05) is 26.7 Å². The van der Waals surface area contributed by atoms with Gasteiger partial charge in [-0.3, -0.25) is 9.78 Å². The average Bonchev–Trinajstić information content (AvgIpc) is 3.70.